The minimum atomic E-state index is -0.180. The first kappa shape index (κ1) is 15.2. The second-order valence-electron chi connectivity index (χ2n) is 5.54. The summed E-state index contributed by atoms with van der Waals surface area (Å²) in [4.78, 5) is 2.14. The van der Waals surface area contributed by atoms with Gasteiger partial charge >= 0.3 is 0 Å². The van der Waals surface area contributed by atoms with Crippen molar-refractivity contribution in [2.45, 2.75) is 20.4 Å². The van der Waals surface area contributed by atoms with Crippen LogP contribution < -0.4 is 0 Å². The lowest BCUT2D eigenvalue weighted by Gasteiger charge is -2.27. The number of rotatable bonds is 6. The predicted octanol–water partition coefficient (Wildman–Crippen LogP) is 3.52. The molecule has 5 heteroatoms. The van der Waals surface area contributed by atoms with Gasteiger partial charge in [-0.25, -0.2) is 8.70 Å². The Kier molecular flexibility index (Phi) is 5.31. The van der Waals surface area contributed by atoms with E-state index >= 15 is 0 Å². The summed E-state index contributed by atoms with van der Waals surface area (Å²) in [6.07, 6.45) is 4.15. The highest BCUT2D eigenvalue weighted by Gasteiger charge is 2.16. The Morgan fingerprint density at radius 1 is 1.25 bits per heavy atom. The van der Waals surface area contributed by atoms with Gasteiger partial charge in [-0.1, -0.05) is 26.0 Å². The lowest BCUT2D eigenvalue weighted by Crippen LogP contribution is -2.27. The van der Waals surface area contributed by atoms with E-state index in [-0.39, 0.29) is 5.82 Å². The molecular weight excluding hydrogens is 273 g/mol. The van der Waals surface area contributed by atoms with Crippen molar-refractivity contribution >= 4 is 12.1 Å². The van der Waals surface area contributed by atoms with Gasteiger partial charge in [0.05, 0.1) is 0 Å². The molecule has 1 aromatic carbocycles. The average Bonchev–Trinajstić information content (AvgIpc) is 2.77. The Morgan fingerprint density at radius 3 is 2.50 bits per heavy atom. The highest BCUT2D eigenvalue weighted by atomic mass is 32.2. The fourth-order valence-corrected chi connectivity index (χ4v) is 3.24. The number of hydrogen-bond donors (Lipinski definition) is 0. The topological polar surface area (TPSA) is 9.72 Å². The molecule has 20 heavy (non-hydrogen) atoms. The van der Waals surface area contributed by atoms with Crippen LogP contribution in [0.15, 0.2) is 36.7 Å². The SMILES string of the molecule is CC(C)CN(Cc1ccc(F)cc1)SN1C=CN(C)C1. The molecule has 0 unspecified atom stereocenters. The molecule has 2 rings (SSSR count). The van der Waals surface area contributed by atoms with Crippen LogP contribution in [-0.4, -0.2) is 33.8 Å². The van der Waals surface area contributed by atoms with E-state index in [1.165, 1.54) is 12.1 Å². The van der Waals surface area contributed by atoms with Crippen LogP contribution in [0.25, 0.3) is 0 Å². The monoisotopic (exact) mass is 295 g/mol. The van der Waals surface area contributed by atoms with Crippen molar-refractivity contribution < 1.29 is 4.39 Å². The third-order valence-electron chi connectivity index (χ3n) is 2.91. The molecule has 0 bridgehead atoms. The van der Waals surface area contributed by atoms with Crippen molar-refractivity contribution in [2.24, 2.45) is 5.92 Å². The van der Waals surface area contributed by atoms with Crippen LogP contribution in [0.5, 0.6) is 0 Å². The molecule has 0 saturated carbocycles. The largest absolute Gasteiger partial charge is 0.361 e. The Morgan fingerprint density at radius 2 is 1.95 bits per heavy atom. The molecule has 0 aromatic heterocycles. The molecule has 1 aliphatic heterocycles. The van der Waals surface area contributed by atoms with Gasteiger partial charge in [-0.05, 0) is 23.6 Å². The van der Waals surface area contributed by atoms with E-state index in [2.05, 4.69) is 46.8 Å². The molecule has 0 aliphatic carbocycles. The summed E-state index contributed by atoms with van der Waals surface area (Å²) >= 11 is 1.73. The van der Waals surface area contributed by atoms with Gasteiger partial charge in [0, 0.05) is 44.7 Å². The Labute approximate surface area is 125 Å². The Balaban J connectivity index is 1.96. The Bertz CT molecular complexity index is 447. The van der Waals surface area contributed by atoms with Gasteiger partial charge in [0.15, 0.2) is 0 Å². The second-order valence-corrected chi connectivity index (χ2v) is 6.69. The molecular formula is C15H22FN3S. The smallest absolute Gasteiger partial charge is 0.123 e. The highest BCUT2D eigenvalue weighted by molar-refractivity contribution is 7.94. The van der Waals surface area contributed by atoms with E-state index in [1.54, 1.807) is 12.1 Å². The Hall–Kier alpha value is -1.20. The summed E-state index contributed by atoms with van der Waals surface area (Å²) in [5, 5.41) is 0. The zero-order valence-electron chi connectivity index (χ0n) is 12.3. The van der Waals surface area contributed by atoms with Crippen molar-refractivity contribution in [3.8, 4) is 0 Å². The molecule has 3 nitrogen and oxygen atoms in total. The number of benzene rings is 1. The third-order valence-corrected chi connectivity index (χ3v) is 3.87. The van der Waals surface area contributed by atoms with Crippen LogP contribution in [0.2, 0.25) is 0 Å². The molecule has 110 valence electrons. The summed E-state index contributed by atoms with van der Waals surface area (Å²) in [6.45, 7) is 7.13. The average molecular weight is 295 g/mol. The van der Waals surface area contributed by atoms with Crippen molar-refractivity contribution in [1.82, 2.24) is 13.5 Å². The number of halogens is 1. The summed E-state index contributed by atoms with van der Waals surface area (Å²) in [6, 6.07) is 6.76. The summed E-state index contributed by atoms with van der Waals surface area (Å²) < 4.78 is 17.5. The second kappa shape index (κ2) is 6.99. The predicted molar refractivity (Wildman–Crippen MR) is 82.8 cm³/mol. The van der Waals surface area contributed by atoms with Crippen LogP contribution >= 0.6 is 12.1 Å². The molecule has 0 spiro atoms. The molecule has 1 aliphatic rings. The molecule has 0 atom stereocenters. The van der Waals surface area contributed by atoms with E-state index in [1.807, 2.05) is 12.1 Å². The van der Waals surface area contributed by atoms with Crippen molar-refractivity contribution in [1.29, 1.82) is 0 Å². The van der Waals surface area contributed by atoms with Gasteiger partial charge in [0.2, 0.25) is 0 Å². The zero-order valence-corrected chi connectivity index (χ0v) is 13.1. The number of hydrogen-bond acceptors (Lipinski definition) is 4. The molecule has 0 saturated heterocycles. The van der Waals surface area contributed by atoms with E-state index in [9.17, 15) is 4.39 Å². The highest BCUT2D eigenvalue weighted by Crippen LogP contribution is 2.24. The molecule has 1 aromatic rings. The summed E-state index contributed by atoms with van der Waals surface area (Å²) in [7, 11) is 2.06. The van der Waals surface area contributed by atoms with E-state index < -0.39 is 0 Å². The van der Waals surface area contributed by atoms with E-state index in [0.29, 0.717) is 5.92 Å². The first-order chi connectivity index (χ1) is 9.52. The van der Waals surface area contributed by atoms with Crippen LogP contribution in [0.4, 0.5) is 4.39 Å². The third kappa shape index (κ3) is 4.72. The van der Waals surface area contributed by atoms with Gasteiger partial charge in [-0.2, -0.15) is 0 Å². The van der Waals surface area contributed by atoms with Gasteiger partial charge in [0.25, 0.3) is 0 Å². The molecule has 0 N–H and O–H groups in total. The molecule has 0 fully saturated rings. The fourth-order valence-electron chi connectivity index (χ4n) is 2.03. The lowest BCUT2D eigenvalue weighted by atomic mass is 10.2. The molecule has 0 radical (unpaired) electrons. The van der Waals surface area contributed by atoms with Gasteiger partial charge in [-0.3, -0.25) is 4.31 Å². The van der Waals surface area contributed by atoms with E-state index in [4.69, 9.17) is 0 Å². The fraction of sp³-hybridized carbons (Fsp3) is 0.467. The van der Waals surface area contributed by atoms with Crippen LogP contribution in [0.1, 0.15) is 19.4 Å². The maximum Gasteiger partial charge on any atom is 0.123 e. The normalized spacial score (nSPS) is 14.9. The zero-order chi connectivity index (χ0) is 14.5. The van der Waals surface area contributed by atoms with Crippen LogP contribution in [0.3, 0.4) is 0 Å². The molecule has 0 amide bonds. The van der Waals surface area contributed by atoms with Crippen molar-refractivity contribution in [2.75, 3.05) is 20.3 Å². The quantitative estimate of drug-likeness (QED) is 0.742. The minimum Gasteiger partial charge on any atom is -0.361 e. The summed E-state index contributed by atoms with van der Waals surface area (Å²) in [5.41, 5.74) is 1.14. The maximum atomic E-state index is 13.0. The lowest BCUT2D eigenvalue weighted by molar-refractivity contribution is 0.365. The molecule has 1 heterocycles. The van der Waals surface area contributed by atoms with Gasteiger partial charge in [0.1, 0.15) is 12.5 Å². The van der Waals surface area contributed by atoms with Gasteiger partial charge in [-0.15, -0.1) is 0 Å². The standard InChI is InChI=1S/C15H22FN3S/c1-13(2)10-19(20-18-9-8-17(3)12-18)11-14-4-6-15(16)7-5-14/h4-9,13H,10-12H2,1-3H3. The van der Waals surface area contributed by atoms with Crippen molar-refractivity contribution in [3.63, 3.8) is 0 Å². The first-order valence-electron chi connectivity index (χ1n) is 6.85. The van der Waals surface area contributed by atoms with Crippen LogP contribution in [0, 0.1) is 11.7 Å². The first-order valence-corrected chi connectivity index (χ1v) is 7.58. The maximum absolute atomic E-state index is 13.0. The number of nitrogens with zero attached hydrogens (tertiary/aromatic N) is 3. The van der Waals surface area contributed by atoms with Gasteiger partial charge < -0.3 is 4.90 Å². The van der Waals surface area contributed by atoms with Crippen LogP contribution in [-0.2, 0) is 6.54 Å². The summed E-state index contributed by atoms with van der Waals surface area (Å²) in [5.74, 6) is 0.410. The van der Waals surface area contributed by atoms with Crippen molar-refractivity contribution in [3.05, 3.63) is 48.0 Å². The van der Waals surface area contributed by atoms with E-state index in [0.717, 1.165) is 25.3 Å². The minimum absolute atomic E-state index is 0.180.